The van der Waals surface area contributed by atoms with E-state index in [4.69, 9.17) is 0 Å². The van der Waals surface area contributed by atoms with E-state index in [1.807, 2.05) is 38.1 Å². The first-order valence-corrected chi connectivity index (χ1v) is 7.02. The van der Waals surface area contributed by atoms with Gasteiger partial charge < -0.3 is 10.6 Å². The molecule has 0 saturated heterocycles. The van der Waals surface area contributed by atoms with E-state index >= 15 is 0 Å². The zero-order valence-corrected chi connectivity index (χ0v) is 12.6. The molecule has 2 rings (SSSR count). The molecule has 5 heteroatoms. The SMILES string of the molecule is Cc1cccc(NCC(=O)NC(=O)Nc2ccccc2)c1C. The van der Waals surface area contributed by atoms with Crippen molar-refractivity contribution < 1.29 is 9.59 Å². The average Bonchev–Trinajstić information content (AvgIpc) is 2.49. The highest BCUT2D eigenvalue weighted by Crippen LogP contribution is 2.17. The molecule has 0 spiro atoms. The molecular formula is C17H19N3O2. The maximum atomic E-state index is 11.8. The van der Waals surface area contributed by atoms with Gasteiger partial charge in [0.05, 0.1) is 6.54 Å². The number of benzene rings is 2. The van der Waals surface area contributed by atoms with Gasteiger partial charge >= 0.3 is 6.03 Å². The van der Waals surface area contributed by atoms with Crippen LogP contribution in [-0.2, 0) is 4.79 Å². The maximum absolute atomic E-state index is 11.8. The summed E-state index contributed by atoms with van der Waals surface area (Å²) in [6.45, 7) is 4.03. The Labute approximate surface area is 129 Å². The van der Waals surface area contributed by atoms with E-state index in [1.54, 1.807) is 24.3 Å². The number of carbonyl (C=O) groups excluding carboxylic acids is 2. The highest BCUT2D eigenvalue weighted by molar-refractivity contribution is 6.02. The van der Waals surface area contributed by atoms with Gasteiger partial charge in [-0.25, -0.2) is 4.79 Å². The third-order valence-electron chi connectivity index (χ3n) is 3.33. The van der Waals surface area contributed by atoms with Crippen molar-refractivity contribution in [3.63, 3.8) is 0 Å². The third kappa shape index (κ3) is 4.34. The first kappa shape index (κ1) is 15.6. The summed E-state index contributed by atoms with van der Waals surface area (Å²) in [6.07, 6.45) is 0. The average molecular weight is 297 g/mol. The molecule has 0 heterocycles. The van der Waals surface area contributed by atoms with E-state index in [2.05, 4.69) is 16.0 Å². The maximum Gasteiger partial charge on any atom is 0.325 e. The normalized spacial score (nSPS) is 9.91. The third-order valence-corrected chi connectivity index (χ3v) is 3.33. The van der Waals surface area contributed by atoms with Crippen molar-refractivity contribution in [1.29, 1.82) is 0 Å². The largest absolute Gasteiger partial charge is 0.376 e. The molecular weight excluding hydrogens is 278 g/mol. The second kappa shape index (κ2) is 7.26. The number of urea groups is 1. The van der Waals surface area contributed by atoms with Crippen molar-refractivity contribution in [2.75, 3.05) is 17.2 Å². The Morgan fingerprint density at radius 3 is 2.41 bits per heavy atom. The molecule has 0 atom stereocenters. The van der Waals surface area contributed by atoms with Crippen molar-refractivity contribution in [3.05, 3.63) is 59.7 Å². The Kier molecular flexibility index (Phi) is 5.14. The minimum Gasteiger partial charge on any atom is -0.376 e. The molecule has 2 aromatic carbocycles. The fraction of sp³-hybridized carbons (Fsp3) is 0.176. The first-order chi connectivity index (χ1) is 10.6. The number of hydrogen-bond donors (Lipinski definition) is 3. The lowest BCUT2D eigenvalue weighted by Crippen LogP contribution is -2.38. The number of hydrogen-bond acceptors (Lipinski definition) is 3. The van der Waals surface area contributed by atoms with E-state index in [-0.39, 0.29) is 6.54 Å². The molecule has 22 heavy (non-hydrogen) atoms. The van der Waals surface area contributed by atoms with E-state index in [1.165, 1.54) is 0 Å². The zero-order valence-electron chi connectivity index (χ0n) is 12.6. The lowest BCUT2D eigenvalue weighted by Gasteiger charge is -2.11. The minimum absolute atomic E-state index is 0.0342. The molecule has 2 aromatic rings. The Morgan fingerprint density at radius 1 is 0.955 bits per heavy atom. The van der Waals surface area contributed by atoms with E-state index in [0.29, 0.717) is 5.69 Å². The highest BCUT2D eigenvalue weighted by atomic mass is 16.2. The van der Waals surface area contributed by atoms with Gasteiger partial charge in [0, 0.05) is 11.4 Å². The molecule has 0 saturated carbocycles. The molecule has 3 amide bonds. The van der Waals surface area contributed by atoms with Gasteiger partial charge in [-0.1, -0.05) is 30.3 Å². The summed E-state index contributed by atoms with van der Waals surface area (Å²) in [5.41, 5.74) is 3.75. The van der Waals surface area contributed by atoms with Crippen molar-refractivity contribution in [3.8, 4) is 0 Å². The van der Waals surface area contributed by atoms with Gasteiger partial charge in [0.1, 0.15) is 0 Å². The van der Waals surface area contributed by atoms with E-state index in [9.17, 15) is 9.59 Å². The monoisotopic (exact) mass is 297 g/mol. The fourth-order valence-corrected chi connectivity index (χ4v) is 1.97. The molecule has 3 N–H and O–H groups in total. The molecule has 0 radical (unpaired) electrons. The molecule has 0 bridgehead atoms. The number of imide groups is 1. The quantitative estimate of drug-likeness (QED) is 0.812. The Morgan fingerprint density at radius 2 is 1.68 bits per heavy atom. The number of carbonyl (C=O) groups is 2. The minimum atomic E-state index is -0.543. The van der Waals surface area contributed by atoms with E-state index < -0.39 is 11.9 Å². The lowest BCUT2D eigenvalue weighted by molar-refractivity contribution is -0.118. The summed E-state index contributed by atoms with van der Waals surface area (Å²) in [4.78, 5) is 23.5. The molecule has 0 aliphatic carbocycles. The van der Waals surface area contributed by atoms with Gasteiger partial charge in [-0.15, -0.1) is 0 Å². The van der Waals surface area contributed by atoms with Crippen LogP contribution in [0.15, 0.2) is 48.5 Å². The fourth-order valence-electron chi connectivity index (χ4n) is 1.97. The van der Waals surface area contributed by atoms with Gasteiger partial charge in [0.2, 0.25) is 5.91 Å². The van der Waals surface area contributed by atoms with Crippen LogP contribution in [0.3, 0.4) is 0 Å². The summed E-state index contributed by atoms with van der Waals surface area (Å²) >= 11 is 0. The van der Waals surface area contributed by atoms with Crippen molar-refractivity contribution in [2.45, 2.75) is 13.8 Å². The zero-order chi connectivity index (χ0) is 15.9. The number of rotatable bonds is 4. The summed E-state index contributed by atoms with van der Waals surface area (Å²) < 4.78 is 0. The van der Waals surface area contributed by atoms with Crippen molar-refractivity contribution in [1.82, 2.24) is 5.32 Å². The van der Waals surface area contributed by atoms with Crippen molar-refractivity contribution in [2.24, 2.45) is 0 Å². The summed E-state index contributed by atoms with van der Waals surface area (Å²) in [7, 11) is 0. The summed E-state index contributed by atoms with van der Waals surface area (Å²) in [5, 5.41) is 7.90. The van der Waals surface area contributed by atoms with Gasteiger partial charge in [0.25, 0.3) is 0 Å². The first-order valence-electron chi connectivity index (χ1n) is 7.02. The highest BCUT2D eigenvalue weighted by Gasteiger charge is 2.08. The topological polar surface area (TPSA) is 70.2 Å². The second-order valence-corrected chi connectivity index (χ2v) is 4.97. The van der Waals surface area contributed by atoms with Gasteiger partial charge in [-0.2, -0.15) is 0 Å². The summed E-state index contributed by atoms with van der Waals surface area (Å²) in [5.74, 6) is -0.394. The molecule has 0 fully saturated rings. The molecule has 0 aliphatic rings. The van der Waals surface area contributed by atoms with Crippen LogP contribution in [0, 0.1) is 13.8 Å². The summed E-state index contributed by atoms with van der Waals surface area (Å²) in [6, 6.07) is 14.2. The van der Waals surface area contributed by atoms with Crippen LogP contribution in [0.25, 0.3) is 0 Å². The molecule has 0 aromatic heterocycles. The Hall–Kier alpha value is -2.82. The van der Waals surface area contributed by atoms with Crippen molar-refractivity contribution >= 4 is 23.3 Å². The van der Waals surface area contributed by atoms with Gasteiger partial charge in [0.15, 0.2) is 0 Å². The molecule has 5 nitrogen and oxygen atoms in total. The number of anilines is 2. The predicted molar refractivity (Wildman–Crippen MR) is 88.0 cm³/mol. The Bertz CT molecular complexity index is 669. The van der Waals surface area contributed by atoms with E-state index in [0.717, 1.165) is 16.8 Å². The smallest absolute Gasteiger partial charge is 0.325 e. The van der Waals surface area contributed by atoms with Gasteiger partial charge in [-0.05, 0) is 43.2 Å². The standard InChI is InChI=1S/C17H19N3O2/c1-12-7-6-10-15(13(12)2)18-11-16(21)20-17(22)19-14-8-4-3-5-9-14/h3-10,18H,11H2,1-2H3,(H2,19,20,21,22). The number of aryl methyl sites for hydroxylation is 1. The Balaban J connectivity index is 1.83. The number of para-hydroxylation sites is 1. The van der Waals surface area contributed by atoms with Crippen LogP contribution in [0.1, 0.15) is 11.1 Å². The van der Waals surface area contributed by atoms with Crippen LogP contribution >= 0.6 is 0 Å². The lowest BCUT2D eigenvalue weighted by atomic mass is 10.1. The number of nitrogens with one attached hydrogen (secondary N) is 3. The van der Waals surface area contributed by atoms with Gasteiger partial charge in [-0.3, -0.25) is 10.1 Å². The van der Waals surface area contributed by atoms with Crippen LogP contribution in [-0.4, -0.2) is 18.5 Å². The second-order valence-electron chi connectivity index (χ2n) is 4.97. The van der Waals surface area contributed by atoms with Crippen LogP contribution in [0.2, 0.25) is 0 Å². The molecule has 0 aliphatic heterocycles. The van der Waals surface area contributed by atoms with Crippen LogP contribution in [0.4, 0.5) is 16.2 Å². The predicted octanol–water partition coefficient (Wildman–Crippen LogP) is 3.06. The molecule has 0 unspecified atom stereocenters. The molecule has 114 valence electrons. The van der Waals surface area contributed by atoms with Crippen LogP contribution < -0.4 is 16.0 Å². The van der Waals surface area contributed by atoms with Crippen LogP contribution in [0.5, 0.6) is 0 Å². The number of amides is 3.